The molecule has 0 spiro atoms. The topological polar surface area (TPSA) is 73.4 Å². The van der Waals surface area contributed by atoms with Gasteiger partial charge in [-0.3, -0.25) is 0 Å². The van der Waals surface area contributed by atoms with E-state index in [0.717, 1.165) is 31.9 Å². The van der Waals surface area contributed by atoms with Crippen molar-refractivity contribution in [2.45, 2.75) is 26.4 Å². The van der Waals surface area contributed by atoms with Crippen LogP contribution < -0.4 is 9.80 Å². The van der Waals surface area contributed by atoms with Gasteiger partial charge in [-0.05, 0) is 45.0 Å². The number of fused-ring (bicyclic) bond motifs is 1. The first-order valence-corrected chi connectivity index (χ1v) is 12.9. The summed E-state index contributed by atoms with van der Waals surface area (Å²) in [6, 6.07) is 8.58. The van der Waals surface area contributed by atoms with Crippen molar-refractivity contribution < 1.29 is 17.9 Å². The van der Waals surface area contributed by atoms with Crippen LogP contribution in [0.3, 0.4) is 0 Å². The number of sulfonamides is 1. The normalized spacial score (nSPS) is 25.1. The minimum Gasteiger partial charge on any atom is -0.444 e. The predicted octanol–water partition coefficient (Wildman–Crippen LogP) is 2.07. The lowest BCUT2D eigenvalue weighted by Gasteiger charge is -2.35. The van der Waals surface area contributed by atoms with Crippen LogP contribution in [-0.4, -0.2) is 87.9 Å². The summed E-state index contributed by atoms with van der Waals surface area (Å²) in [5, 5.41) is 0. The van der Waals surface area contributed by atoms with Crippen molar-refractivity contribution in [2.24, 2.45) is 11.8 Å². The van der Waals surface area contributed by atoms with E-state index in [4.69, 9.17) is 4.74 Å². The number of amides is 1. The van der Waals surface area contributed by atoms with Gasteiger partial charge in [0.05, 0.1) is 6.26 Å². The van der Waals surface area contributed by atoms with Crippen molar-refractivity contribution in [3.05, 3.63) is 24.3 Å². The molecule has 0 aliphatic carbocycles. The lowest BCUT2D eigenvalue weighted by molar-refractivity contribution is 0.0282. The van der Waals surface area contributed by atoms with E-state index < -0.39 is 15.6 Å². The van der Waals surface area contributed by atoms with E-state index in [9.17, 15) is 13.2 Å². The largest absolute Gasteiger partial charge is 0.444 e. The van der Waals surface area contributed by atoms with E-state index in [1.165, 1.54) is 11.9 Å². The van der Waals surface area contributed by atoms with Gasteiger partial charge < -0.3 is 19.4 Å². The lowest BCUT2D eigenvalue weighted by Crippen LogP contribution is -2.48. The Kier molecular flexibility index (Phi) is 5.85. The Labute approximate surface area is 185 Å². The molecule has 3 heterocycles. The maximum atomic E-state index is 12.4. The molecule has 0 aromatic heterocycles. The minimum atomic E-state index is -3.11. The fourth-order valence-corrected chi connectivity index (χ4v) is 5.66. The van der Waals surface area contributed by atoms with Crippen LogP contribution >= 0.6 is 0 Å². The standard InChI is InChI=1S/C22H34N4O4S/c1-22(2,3)30-21(27)25-15-17-13-24(14-18(17)16-25)20-7-5-19(6-8-20)23-9-11-26(12-10-23)31(4,28)29/h5-8,17-18H,9-16H2,1-4H3/t17-,18+. The Morgan fingerprint density at radius 2 is 1.35 bits per heavy atom. The third kappa shape index (κ3) is 5.09. The third-order valence-electron chi connectivity index (χ3n) is 6.43. The fraction of sp³-hybridized carbons (Fsp3) is 0.682. The Balaban J connectivity index is 1.30. The second-order valence-electron chi connectivity index (χ2n) is 9.98. The van der Waals surface area contributed by atoms with Gasteiger partial charge in [0.1, 0.15) is 5.60 Å². The molecule has 3 saturated heterocycles. The summed E-state index contributed by atoms with van der Waals surface area (Å²) < 4.78 is 30.5. The summed E-state index contributed by atoms with van der Waals surface area (Å²) in [6.45, 7) is 11.6. The van der Waals surface area contributed by atoms with Crippen LogP contribution in [0.4, 0.5) is 16.2 Å². The summed E-state index contributed by atoms with van der Waals surface area (Å²) in [7, 11) is -3.11. The number of piperazine rings is 1. The highest BCUT2D eigenvalue weighted by molar-refractivity contribution is 7.88. The first-order chi connectivity index (χ1) is 14.5. The summed E-state index contributed by atoms with van der Waals surface area (Å²) in [6.07, 6.45) is 1.07. The van der Waals surface area contributed by atoms with Crippen molar-refractivity contribution >= 4 is 27.5 Å². The van der Waals surface area contributed by atoms with E-state index in [-0.39, 0.29) is 6.09 Å². The Hall–Kier alpha value is -2.00. The molecule has 0 radical (unpaired) electrons. The molecule has 172 valence electrons. The molecule has 0 saturated carbocycles. The maximum Gasteiger partial charge on any atom is 0.410 e. The second-order valence-corrected chi connectivity index (χ2v) is 12.0. The molecule has 3 aliphatic heterocycles. The van der Waals surface area contributed by atoms with Crippen LogP contribution in [0.5, 0.6) is 0 Å². The third-order valence-corrected chi connectivity index (χ3v) is 7.73. The van der Waals surface area contributed by atoms with E-state index >= 15 is 0 Å². The molecule has 4 rings (SSSR count). The van der Waals surface area contributed by atoms with Gasteiger partial charge in [-0.25, -0.2) is 13.2 Å². The first kappa shape index (κ1) is 22.2. The molecule has 3 aliphatic rings. The highest BCUT2D eigenvalue weighted by Gasteiger charge is 2.42. The Morgan fingerprint density at radius 1 is 0.871 bits per heavy atom. The number of anilines is 2. The molecule has 9 heteroatoms. The van der Waals surface area contributed by atoms with Crippen LogP contribution in [0, 0.1) is 11.8 Å². The fourth-order valence-electron chi connectivity index (χ4n) is 4.83. The number of ether oxygens (including phenoxy) is 1. The quantitative estimate of drug-likeness (QED) is 0.702. The highest BCUT2D eigenvalue weighted by Crippen LogP contribution is 2.35. The second kappa shape index (κ2) is 8.16. The van der Waals surface area contributed by atoms with Crippen LogP contribution in [0.2, 0.25) is 0 Å². The zero-order chi connectivity index (χ0) is 22.4. The van der Waals surface area contributed by atoms with Crippen LogP contribution in [0.25, 0.3) is 0 Å². The van der Waals surface area contributed by atoms with E-state index in [1.807, 2.05) is 25.7 Å². The number of rotatable bonds is 3. The van der Waals surface area contributed by atoms with Gasteiger partial charge in [-0.15, -0.1) is 0 Å². The average molecular weight is 451 g/mol. The number of likely N-dealkylation sites (tertiary alicyclic amines) is 1. The molecule has 0 N–H and O–H groups in total. The number of benzene rings is 1. The first-order valence-electron chi connectivity index (χ1n) is 11.0. The van der Waals surface area contributed by atoms with Gasteiger partial charge in [0, 0.05) is 75.6 Å². The van der Waals surface area contributed by atoms with Crippen molar-refractivity contribution in [1.82, 2.24) is 9.21 Å². The Morgan fingerprint density at radius 3 is 1.81 bits per heavy atom. The van der Waals surface area contributed by atoms with Crippen LogP contribution in [0.15, 0.2) is 24.3 Å². The maximum absolute atomic E-state index is 12.4. The van der Waals surface area contributed by atoms with Gasteiger partial charge in [-0.1, -0.05) is 0 Å². The summed E-state index contributed by atoms with van der Waals surface area (Å²) >= 11 is 0. The molecule has 1 aromatic rings. The van der Waals surface area contributed by atoms with Crippen LogP contribution in [-0.2, 0) is 14.8 Å². The summed E-state index contributed by atoms with van der Waals surface area (Å²) in [5.41, 5.74) is 1.88. The monoisotopic (exact) mass is 450 g/mol. The smallest absolute Gasteiger partial charge is 0.410 e. The number of hydrogen-bond donors (Lipinski definition) is 0. The molecule has 1 amide bonds. The van der Waals surface area contributed by atoms with E-state index in [2.05, 4.69) is 34.1 Å². The zero-order valence-corrected chi connectivity index (χ0v) is 19.8. The van der Waals surface area contributed by atoms with Crippen molar-refractivity contribution in [3.8, 4) is 0 Å². The molecule has 8 nitrogen and oxygen atoms in total. The van der Waals surface area contributed by atoms with Gasteiger partial charge >= 0.3 is 6.09 Å². The van der Waals surface area contributed by atoms with Gasteiger partial charge in [-0.2, -0.15) is 4.31 Å². The summed E-state index contributed by atoms with van der Waals surface area (Å²) in [5.74, 6) is 0.965. The van der Waals surface area contributed by atoms with Crippen molar-refractivity contribution in [1.29, 1.82) is 0 Å². The number of carbonyl (C=O) groups excluding carboxylic acids is 1. The van der Waals surface area contributed by atoms with Gasteiger partial charge in [0.15, 0.2) is 0 Å². The van der Waals surface area contributed by atoms with Crippen LogP contribution in [0.1, 0.15) is 20.8 Å². The average Bonchev–Trinajstić information content (AvgIpc) is 3.26. The molecular formula is C22H34N4O4S. The van der Waals surface area contributed by atoms with Gasteiger partial charge in [0.2, 0.25) is 10.0 Å². The van der Waals surface area contributed by atoms with E-state index in [0.29, 0.717) is 38.0 Å². The van der Waals surface area contributed by atoms with Crippen molar-refractivity contribution in [2.75, 3.05) is 68.4 Å². The molecule has 1 aromatic carbocycles. The molecule has 3 fully saturated rings. The molecule has 0 unspecified atom stereocenters. The lowest BCUT2D eigenvalue weighted by atomic mass is 10.0. The predicted molar refractivity (Wildman–Crippen MR) is 122 cm³/mol. The zero-order valence-electron chi connectivity index (χ0n) is 19.0. The highest BCUT2D eigenvalue weighted by atomic mass is 32.2. The number of nitrogens with zero attached hydrogens (tertiary/aromatic N) is 4. The van der Waals surface area contributed by atoms with E-state index in [1.54, 1.807) is 4.31 Å². The minimum absolute atomic E-state index is 0.200. The summed E-state index contributed by atoms with van der Waals surface area (Å²) in [4.78, 5) is 18.9. The van der Waals surface area contributed by atoms with Crippen molar-refractivity contribution in [3.63, 3.8) is 0 Å². The number of carbonyl (C=O) groups is 1. The molecule has 2 atom stereocenters. The van der Waals surface area contributed by atoms with Gasteiger partial charge in [0.25, 0.3) is 0 Å². The SMILES string of the molecule is CC(C)(C)OC(=O)N1C[C@@H]2CN(c3ccc(N4CCN(S(C)(=O)=O)CC4)cc3)C[C@@H]2C1. The number of hydrogen-bond acceptors (Lipinski definition) is 6. The molecule has 31 heavy (non-hydrogen) atoms. The molecular weight excluding hydrogens is 416 g/mol. The Bertz CT molecular complexity index is 890. The molecule has 0 bridgehead atoms.